The number of nitrogens with two attached hydrogens (primary N) is 1. The fraction of sp³-hybridized carbons (Fsp3) is 0.444. The second kappa shape index (κ2) is 8.90. The number of imidazole rings is 1. The summed E-state index contributed by atoms with van der Waals surface area (Å²) in [6, 6.07) is 11.7. The van der Waals surface area contributed by atoms with E-state index in [-0.39, 0.29) is 18.1 Å². The Labute approximate surface area is 209 Å². The van der Waals surface area contributed by atoms with E-state index in [1.807, 2.05) is 42.3 Å². The number of aromatic nitrogens is 4. The van der Waals surface area contributed by atoms with Gasteiger partial charge >= 0.3 is 0 Å². The van der Waals surface area contributed by atoms with E-state index in [2.05, 4.69) is 15.2 Å². The van der Waals surface area contributed by atoms with Gasteiger partial charge in [-0.25, -0.2) is 4.98 Å². The first-order valence-corrected chi connectivity index (χ1v) is 12.6. The largest absolute Gasteiger partial charge is 0.481 e. The Morgan fingerprint density at radius 3 is 2.67 bits per heavy atom. The number of fused-ring (bicyclic) bond motifs is 2. The second-order valence-electron chi connectivity index (χ2n) is 10.0. The molecule has 2 atom stereocenters. The van der Waals surface area contributed by atoms with Crippen LogP contribution in [0, 0.1) is 5.92 Å². The number of ether oxygens (including phenoxy) is 2. The van der Waals surface area contributed by atoms with Crippen molar-refractivity contribution in [3.8, 4) is 17.4 Å². The maximum atomic E-state index is 13.3. The highest BCUT2D eigenvalue weighted by molar-refractivity contribution is 5.98. The van der Waals surface area contributed by atoms with E-state index < -0.39 is 0 Å². The third-order valence-corrected chi connectivity index (χ3v) is 7.60. The monoisotopic (exact) mass is 488 g/mol. The molecule has 2 fully saturated rings. The molecule has 9 nitrogen and oxygen atoms in total. The maximum Gasteiger partial charge on any atom is 0.253 e. The highest BCUT2D eigenvalue weighted by atomic mass is 16.5. The Morgan fingerprint density at radius 1 is 1.11 bits per heavy atom. The average Bonchev–Trinajstić information content (AvgIpc) is 3.57. The number of rotatable bonds is 6. The molecule has 2 unspecified atom stereocenters. The van der Waals surface area contributed by atoms with Crippen molar-refractivity contribution < 1.29 is 14.3 Å². The van der Waals surface area contributed by atoms with Crippen molar-refractivity contribution >= 4 is 28.0 Å². The molecule has 1 saturated heterocycles. The number of amides is 1. The lowest BCUT2D eigenvalue weighted by Crippen LogP contribution is -2.53. The number of piperidine rings is 1. The van der Waals surface area contributed by atoms with Gasteiger partial charge in [0.15, 0.2) is 5.82 Å². The minimum atomic E-state index is -0.182. The third kappa shape index (κ3) is 3.92. The summed E-state index contributed by atoms with van der Waals surface area (Å²) < 4.78 is 15.2. The molecular weight excluding hydrogens is 456 g/mol. The first-order valence-electron chi connectivity index (χ1n) is 12.6. The van der Waals surface area contributed by atoms with Crippen LogP contribution >= 0.6 is 0 Å². The van der Waals surface area contributed by atoms with Gasteiger partial charge < -0.3 is 29.2 Å². The van der Waals surface area contributed by atoms with Crippen molar-refractivity contribution in [2.45, 2.75) is 38.0 Å². The number of benzene rings is 1. The highest BCUT2D eigenvalue weighted by Crippen LogP contribution is 2.36. The van der Waals surface area contributed by atoms with E-state index >= 15 is 0 Å². The number of nitrogens with zero attached hydrogens (tertiary/aromatic N) is 5. The van der Waals surface area contributed by atoms with Crippen LogP contribution in [0.2, 0.25) is 0 Å². The number of hydrogen-bond donors (Lipinski definition) is 1. The van der Waals surface area contributed by atoms with E-state index in [0.717, 1.165) is 46.6 Å². The SMILES string of the molecule is COc1ccc2cc(-c3nc4cc(C(=O)N5CCC(OC)C(N)C5)ccc4n3C)n(CC3CC3)c2n1. The van der Waals surface area contributed by atoms with Crippen LogP contribution in [0.1, 0.15) is 29.6 Å². The summed E-state index contributed by atoms with van der Waals surface area (Å²) in [6.07, 6.45) is 3.21. The zero-order chi connectivity index (χ0) is 25.0. The van der Waals surface area contributed by atoms with E-state index in [1.54, 1.807) is 14.2 Å². The van der Waals surface area contributed by atoms with Crippen molar-refractivity contribution in [3.05, 3.63) is 42.0 Å². The Bertz CT molecular complexity index is 1450. The molecule has 1 amide bonds. The molecule has 1 aliphatic carbocycles. The smallest absolute Gasteiger partial charge is 0.253 e. The molecule has 0 radical (unpaired) electrons. The van der Waals surface area contributed by atoms with E-state index in [0.29, 0.717) is 30.5 Å². The Morgan fingerprint density at radius 2 is 1.94 bits per heavy atom. The summed E-state index contributed by atoms with van der Waals surface area (Å²) in [6.45, 7) is 2.03. The number of pyridine rings is 1. The van der Waals surface area contributed by atoms with Gasteiger partial charge in [0.2, 0.25) is 5.88 Å². The molecule has 4 aromatic rings. The van der Waals surface area contributed by atoms with Gasteiger partial charge in [0.25, 0.3) is 5.91 Å². The van der Waals surface area contributed by atoms with Crippen LogP contribution in [0.15, 0.2) is 36.4 Å². The minimum Gasteiger partial charge on any atom is -0.481 e. The average molecular weight is 489 g/mol. The third-order valence-electron chi connectivity index (χ3n) is 7.60. The van der Waals surface area contributed by atoms with Crippen molar-refractivity contribution in [3.63, 3.8) is 0 Å². The number of carbonyl (C=O) groups excluding carboxylic acids is 1. The Balaban J connectivity index is 1.37. The van der Waals surface area contributed by atoms with Crippen LogP contribution in [0.5, 0.6) is 5.88 Å². The van der Waals surface area contributed by atoms with Crippen LogP contribution in [0.4, 0.5) is 0 Å². The topological polar surface area (TPSA) is 100 Å². The van der Waals surface area contributed by atoms with Gasteiger partial charge in [-0.05, 0) is 55.5 Å². The molecule has 1 saturated carbocycles. The van der Waals surface area contributed by atoms with Gasteiger partial charge in [-0.2, -0.15) is 4.98 Å². The normalized spacial score (nSPS) is 20.4. The van der Waals surface area contributed by atoms with E-state index in [9.17, 15) is 4.79 Å². The lowest BCUT2D eigenvalue weighted by Gasteiger charge is -2.35. The van der Waals surface area contributed by atoms with Crippen molar-refractivity contribution in [1.29, 1.82) is 0 Å². The molecule has 3 aromatic heterocycles. The molecule has 1 aromatic carbocycles. The quantitative estimate of drug-likeness (QED) is 0.447. The van der Waals surface area contributed by atoms with Crippen LogP contribution in [0.3, 0.4) is 0 Å². The van der Waals surface area contributed by atoms with E-state index in [1.165, 1.54) is 12.8 Å². The molecule has 2 aliphatic rings. The van der Waals surface area contributed by atoms with Crippen molar-refractivity contribution in [1.82, 2.24) is 24.0 Å². The summed E-state index contributed by atoms with van der Waals surface area (Å²) in [5, 5.41) is 1.06. The minimum absolute atomic E-state index is 0.00766. The molecule has 4 heterocycles. The zero-order valence-electron chi connectivity index (χ0n) is 21.0. The van der Waals surface area contributed by atoms with Gasteiger partial charge in [-0.3, -0.25) is 4.79 Å². The van der Waals surface area contributed by atoms with Gasteiger partial charge in [0, 0.05) is 56.8 Å². The number of hydrogen-bond acceptors (Lipinski definition) is 6. The zero-order valence-corrected chi connectivity index (χ0v) is 21.0. The second-order valence-corrected chi connectivity index (χ2v) is 10.0. The first kappa shape index (κ1) is 23.0. The van der Waals surface area contributed by atoms with Gasteiger partial charge in [0.05, 0.1) is 29.9 Å². The molecular formula is C27H32N6O3. The van der Waals surface area contributed by atoms with Crippen LogP contribution in [0.25, 0.3) is 33.6 Å². The molecule has 1 aliphatic heterocycles. The molecule has 0 bridgehead atoms. The van der Waals surface area contributed by atoms with Gasteiger partial charge in [0.1, 0.15) is 5.65 Å². The molecule has 36 heavy (non-hydrogen) atoms. The number of methoxy groups -OCH3 is 2. The lowest BCUT2D eigenvalue weighted by molar-refractivity contribution is 0.0227. The lowest BCUT2D eigenvalue weighted by atomic mass is 10.0. The number of aryl methyl sites for hydroxylation is 1. The highest BCUT2D eigenvalue weighted by Gasteiger charge is 2.30. The summed E-state index contributed by atoms with van der Waals surface area (Å²) in [7, 11) is 5.33. The molecule has 9 heteroatoms. The fourth-order valence-corrected chi connectivity index (χ4v) is 5.33. The summed E-state index contributed by atoms with van der Waals surface area (Å²) in [4.78, 5) is 24.8. The Hall–Kier alpha value is -3.43. The molecule has 2 N–H and O–H groups in total. The van der Waals surface area contributed by atoms with Crippen LogP contribution in [-0.2, 0) is 18.3 Å². The first-order chi connectivity index (χ1) is 17.5. The molecule has 188 valence electrons. The van der Waals surface area contributed by atoms with Crippen molar-refractivity contribution in [2.75, 3.05) is 27.3 Å². The number of carbonyl (C=O) groups is 1. The summed E-state index contributed by atoms with van der Waals surface area (Å²) >= 11 is 0. The van der Waals surface area contributed by atoms with Crippen molar-refractivity contribution in [2.24, 2.45) is 18.7 Å². The standard InChI is InChI=1S/C27H32N6O3/c1-31-21-8-6-18(27(34)32-11-10-23(35-2)19(28)15-32)12-20(21)29-26(31)22-13-17-7-9-24(36-3)30-25(17)33(22)14-16-4-5-16/h6-9,12-13,16,19,23H,4-5,10-11,14-15,28H2,1-3H3. The van der Waals surface area contributed by atoms with Crippen LogP contribution in [-0.4, -0.2) is 69.4 Å². The Kier molecular flexibility index (Phi) is 5.69. The predicted octanol–water partition coefficient (Wildman–Crippen LogP) is 3.20. The maximum absolute atomic E-state index is 13.3. The van der Waals surface area contributed by atoms with Gasteiger partial charge in [-0.15, -0.1) is 0 Å². The fourth-order valence-electron chi connectivity index (χ4n) is 5.33. The summed E-state index contributed by atoms with van der Waals surface area (Å²) in [5.74, 6) is 2.11. The van der Waals surface area contributed by atoms with E-state index in [4.69, 9.17) is 25.2 Å². The van der Waals surface area contributed by atoms with Gasteiger partial charge in [-0.1, -0.05) is 0 Å². The predicted molar refractivity (Wildman–Crippen MR) is 138 cm³/mol. The molecule has 0 spiro atoms. The molecule has 6 rings (SSSR count). The van der Waals surface area contributed by atoms with Crippen LogP contribution < -0.4 is 10.5 Å². The summed E-state index contributed by atoms with van der Waals surface area (Å²) in [5.41, 5.74) is 10.6. The number of likely N-dealkylation sites (tertiary alicyclic amines) is 1.